The summed E-state index contributed by atoms with van der Waals surface area (Å²) in [7, 11) is -5.32. The molecule has 2 fully saturated rings. The molecule has 0 N–H and O–H groups in total. The lowest BCUT2D eigenvalue weighted by molar-refractivity contribution is -0.0359. The summed E-state index contributed by atoms with van der Waals surface area (Å²) in [4.78, 5) is 4.07. The molecule has 182 valence electrons. The van der Waals surface area contributed by atoms with Crippen LogP contribution in [0.15, 0.2) is 18.7 Å². The van der Waals surface area contributed by atoms with Gasteiger partial charge in [0.15, 0.2) is 6.10 Å². The molecule has 0 aromatic carbocycles. The number of fused-ring (bicyclic) bond motifs is 1. The molecule has 0 amide bonds. The molecule has 0 bridgehead atoms. The van der Waals surface area contributed by atoms with Crippen molar-refractivity contribution in [3.63, 3.8) is 0 Å². The normalized spacial score (nSPS) is 29.9. The fraction of sp³-hybridized carbons (Fsp3) is 0.818. The van der Waals surface area contributed by atoms with E-state index in [1.807, 2.05) is 6.92 Å². The third-order valence-electron chi connectivity index (χ3n) is 6.83. The van der Waals surface area contributed by atoms with Crippen molar-refractivity contribution in [2.24, 2.45) is 0 Å². The van der Waals surface area contributed by atoms with Crippen molar-refractivity contribution in [3.8, 4) is 0 Å². The van der Waals surface area contributed by atoms with Crippen molar-refractivity contribution < 1.29 is 22.4 Å². The van der Waals surface area contributed by atoms with Crippen LogP contribution in [0.4, 0.5) is 0 Å². The quantitative estimate of drug-likeness (QED) is 0.409. The van der Waals surface area contributed by atoms with Crippen LogP contribution in [0.2, 0.25) is 22.2 Å². The van der Waals surface area contributed by atoms with Crippen LogP contribution in [0.5, 0.6) is 0 Å². The molecular formula is C22H40N2O5SSi2. The maximum Gasteiger partial charge on any atom is 0.335 e. The Morgan fingerprint density at radius 3 is 2.12 bits per heavy atom. The summed E-state index contributed by atoms with van der Waals surface area (Å²) in [6.07, 6.45) is 4.02. The minimum Gasteiger partial charge on any atom is -0.462 e. The Morgan fingerprint density at radius 2 is 1.62 bits per heavy atom. The molecule has 1 aromatic rings. The zero-order valence-corrected chi connectivity index (χ0v) is 23.7. The van der Waals surface area contributed by atoms with Crippen molar-refractivity contribution >= 4 is 34.5 Å². The molecule has 0 saturated carbocycles. The molecule has 2 aliphatic rings. The van der Waals surface area contributed by atoms with E-state index in [0.29, 0.717) is 22.9 Å². The lowest BCUT2D eigenvalue weighted by atomic mass is 10.1. The van der Waals surface area contributed by atoms with E-state index >= 15 is 0 Å². The van der Waals surface area contributed by atoms with Gasteiger partial charge in [-0.3, -0.25) is 4.57 Å². The molecule has 1 unspecified atom stereocenters. The summed E-state index contributed by atoms with van der Waals surface area (Å²) in [5.41, 5.74) is 1.08. The van der Waals surface area contributed by atoms with Gasteiger partial charge in [0.25, 0.3) is 5.17 Å². The molecule has 10 heteroatoms. The summed E-state index contributed by atoms with van der Waals surface area (Å²) in [6, 6.07) is 0. The van der Waals surface area contributed by atoms with Gasteiger partial charge in [-0.1, -0.05) is 55.4 Å². The van der Waals surface area contributed by atoms with Gasteiger partial charge in [0.2, 0.25) is 0 Å². The molecule has 0 radical (unpaired) electrons. The molecule has 3 heterocycles. The van der Waals surface area contributed by atoms with Crippen LogP contribution in [0.25, 0.3) is 0 Å². The summed E-state index contributed by atoms with van der Waals surface area (Å²) in [5.74, 6) is 0. The number of imidazole rings is 1. The van der Waals surface area contributed by atoms with E-state index in [1.54, 1.807) is 23.3 Å². The monoisotopic (exact) mass is 500 g/mol. The molecule has 1 aromatic heterocycles. The van der Waals surface area contributed by atoms with Crippen LogP contribution < -0.4 is 0 Å². The van der Waals surface area contributed by atoms with Gasteiger partial charge in [-0.2, -0.15) is 0 Å². The van der Waals surface area contributed by atoms with E-state index < -0.39 is 17.1 Å². The summed E-state index contributed by atoms with van der Waals surface area (Å²) < 4.78 is 35.5. The Bertz CT molecular complexity index is 758. The third-order valence-corrected chi connectivity index (χ3v) is 17.4. The first-order valence-electron chi connectivity index (χ1n) is 11.8. The van der Waals surface area contributed by atoms with E-state index in [-0.39, 0.29) is 35.5 Å². The average molecular weight is 501 g/mol. The predicted molar refractivity (Wildman–Crippen MR) is 133 cm³/mol. The fourth-order valence-electron chi connectivity index (χ4n) is 5.03. The minimum absolute atomic E-state index is 0.187. The summed E-state index contributed by atoms with van der Waals surface area (Å²) in [6.45, 7) is 20.2. The second-order valence-corrected chi connectivity index (χ2v) is 19.4. The lowest BCUT2D eigenvalue weighted by Crippen LogP contribution is -2.66. The number of rotatable bonds is 5. The first kappa shape index (κ1) is 26.0. The van der Waals surface area contributed by atoms with E-state index in [2.05, 4.69) is 60.4 Å². The molecule has 4 atom stereocenters. The first-order valence-corrected chi connectivity index (χ1v) is 16.2. The molecule has 2 aliphatic heterocycles. The van der Waals surface area contributed by atoms with Gasteiger partial charge in [0.1, 0.15) is 18.5 Å². The summed E-state index contributed by atoms with van der Waals surface area (Å²) >= 11 is 5.53. The topological polar surface area (TPSA) is 64.0 Å². The van der Waals surface area contributed by atoms with Crippen LogP contribution in [-0.2, 0) is 22.4 Å². The standard InChI is InChI=1S/C22H40N2O5SSi2/c1-14(2)31(15(3)4)25-12-19-21(28-32(29-31,16(5)6)17(7)8)20(18(9)26-19)27-22(30)24-11-10-23-13-24/h10-11,13-21H,12H2,1-9H3/t18-,19+,20?,21-/m0/s1. The number of nitrogens with zero attached hydrogens (tertiary/aromatic N) is 2. The van der Waals surface area contributed by atoms with Crippen LogP contribution in [0.1, 0.15) is 62.3 Å². The number of hydrogen-bond acceptors (Lipinski definition) is 7. The average Bonchev–Trinajstić information content (AvgIpc) is 3.31. The van der Waals surface area contributed by atoms with Gasteiger partial charge in [0.05, 0.1) is 12.7 Å². The Balaban J connectivity index is 1.99. The molecular weight excluding hydrogens is 460 g/mol. The molecule has 3 rings (SSSR count). The fourth-order valence-corrected chi connectivity index (χ4v) is 16.5. The maximum absolute atomic E-state index is 7.26. The highest BCUT2D eigenvalue weighted by Crippen LogP contribution is 2.47. The molecule has 0 spiro atoms. The lowest BCUT2D eigenvalue weighted by Gasteiger charge is -2.51. The van der Waals surface area contributed by atoms with E-state index in [9.17, 15) is 0 Å². The Kier molecular flexibility index (Phi) is 8.06. The van der Waals surface area contributed by atoms with Crippen molar-refractivity contribution in [1.29, 1.82) is 0 Å². The zero-order valence-electron chi connectivity index (χ0n) is 20.9. The SMILES string of the molecule is CC(C)[Si]1(C(C)C)OC[C@H]2O[C@@H](C)C(OC(=S)n3ccnc3)[C@H]2O[Si](C(C)C)(C(C)C)O1. The highest BCUT2D eigenvalue weighted by molar-refractivity contribution is 7.80. The van der Waals surface area contributed by atoms with Crippen LogP contribution in [0, 0.1) is 0 Å². The van der Waals surface area contributed by atoms with Crippen molar-refractivity contribution in [3.05, 3.63) is 18.7 Å². The van der Waals surface area contributed by atoms with Gasteiger partial charge < -0.3 is 22.4 Å². The van der Waals surface area contributed by atoms with Gasteiger partial charge in [0, 0.05) is 12.4 Å². The number of thiocarbonyl (C=S) groups is 1. The Labute approximate surface area is 200 Å². The smallest absolute Gasteiger partial charge is 0.335 e. The van der Waals surface area contributed by atoms with Crippen molar-refractivity contribution in [1.82, 2.24) is 9.55 Å². The number of hydrogen-bond donors (Lipinski definition) is 0. The number of aromatic nitrogens is 2. The predicted octanol–water partition coefficient (Wildman–Crippen LogP) is 5.15. The molecule has 0 aliphatic carbocycles. The third kappa shape index (κ3) is 4.64. The highest BCUT2D eigenvalue weighted by atomic mass is 32.1. The molecule has 32 heavy (non-hydrogen) atoms. The van der Waals surface area contributed by atoms with Crippen LogP contribution in [-0.4, -0.2) is 62.9 Å². The van der Waals surface area contributed by atoms with Crippen molar-refractivity contribution in [2.45, 2.75) is 109 Å². The van der Waals surface area contributed by atoms with Crippen molar-refractivity contribution in [2.75, 3.05) is 6.61 Å². The minimum atomic E-state index is -2.74. The van der Waals surface area contributed by atoms with E-state index in [4.69, 9.17) is 34.7 Å². The second-order valence-electron chi connectivity index (χ2n) is 10.3. The maximum atomic E-state index is 7.26. The number of ether oxygens (including phenoxy) is 2. The van der Waals surface area contributed by atoms with Gasteiger partial charge >= 0.3 is 17.1 Å². The Hall–Kier alpha value is -0.626. The van der Waals surface area contributed by atoms with E-state index in [1.165, 1.54) is 0 Å². The first-order chi connectivity index (χ1) is 14.9. The second kappa shape index (κ2) is 9.93. The van der Waals surface area contributed by atoms with Crippen LogP contribution >= 0.6 is 12.2 Å². The van der Waals surface area contributed by atoms with Gasteiger partial charge in [-0.15, -0.1) is 0 Å². The molecule has 7 nitrogen and oxygen atoms in total. The summed E-state index contributed by atoms with van der Waals surface area (Å²) in [5, 5.41) is 0.338. The Morgan fingerprint density at radius 1 is 1.03 bits per heavy atom. The zero-order chi connectivity index (χ0) is 23.8. The van der Waals surface area contributed by atoms with Gasteiger partial charge in [-0.05, 0) is 41.3 Å². The van der Waals surface area contributed by atoms with Crippen LogP contribution in [0.3, 0.4) is 0 Å². The molecule has 2 saturated heterocycles. The largest absolute Gasteiger partial charge is 0.462 e. The van der Waals surface area contributed by atoms with E-state index in [0.717, 1.165) is 0 Å². The van der Waals surface area contributed by atoms with Gasteiger partial charge in [-0.25, -0.2) is 4.98 Å². The highest BCUT2D eigenvalue weighted by Gasteiger charge is 2.61.